The lowest BCUT2D eigenvalue weighted by Crippen LogP contribution is -2.49. The number of fused-ring (bicyclic) bond motifs is 2. The van der Waals surface area contributed by atoms with Crippen LogP contribution in [0, 0.1) is 5.92 Å². The van der Waals surface area contributed by atoms with E-state index in [2.05, 4.69) is 15.4 Å². The standard InChI is InChI=1S/C34H44F3N7O5S/c1-19(2)22-16-39-44-28(14-26(41-29(22)44)38-15-20-11-12-42(17-24(20)45)30(46)48-32(3,4)5)43(31(47)49-33(6,7)8)18-27-40-23-13-21(34(35,36)37)9-10-25(23)50-27/h9-10,13-14,16,19-20,24,45H,11-12,15,17-18H2,1-8H3,(H,38,41)/t20-,24+/m1/s1. The maximum absolute atomic E-state index is 13.9. The lowest BCUT2D eigenvalue weighted by molar-refractivity contribution is -0.137. The number of hydrogen-bond donors (Lipinski definition) is 2. The number of nitrogens with zero attached hydrogens (tertiary/aromatic N) is 6. The molecule has 0 spiro atoms. The molecule has 1 fully saturated rings. The van der Waals surface area contributed by atoms with Crippen LogP contribution >= 0.6 is 11.3 Å². The SMILES string of the molecule is CC(C)c1cnn2c(N(Cc3nc4cc(C(F)(F)F)ccc4s3)C(=O)OC(C)(C)C)cc(NC[C@H]3CCN(C(=O)OC(C)(C)C)C[C@@H]3O)nc12. The van der Waals surface area contributed by atoms with Gasteiger partial charge in [-0.15, -0.1) is 11.3 Å². The van der Waals surface area contributed by atoms with E-state index in [9.17, 15) is 27.9 Å². The van der Waals surface area contributed by atoms with Crippen molar-refractivity contribution in [3.8, 4) is 0 Å². The van der Waals surface area contributed by atoms with Gasteiger partial charge in [-0.2, -0.15) is 22.8 Å². The lowest BCUT2D eigenvalue weighted by Gasteiger charge is -2.36. The van der Waals surface area contributed by atoms with Crippen LogP contribution in [0.25, 0.3) is 15.9 Å². The van der Waals surface area contributed by atoms with Crippen LogP contribution in [0.5, 0.6) is 0 Å². The second kappa shape index (κ2) is 13.9. The largest absolute Gasteiger partial charge is 0.444 e. The first-order chi connectivity index (χ1) is 23.2. The second-order valence-electron chi connectivity index (χ2n) is 14.8. The number of aliphatic hydroxyl groups is 1. The average Bonchev–Trinajstić information content (AvgIpc) is 3.60. The van der Waals surface area contributed by atoms with Gasteiger partial charge in [0.1, 0.15) is 27.8 Å². The highest BCUT2D eigenvalue weighted by atomic mass is 32.1. The Morgan fingerprint density at radius 3 is 2.40 bits per heavy atom. The summed E-state index contributed by atoms with van der Waals surface area (Å²) in [6, 6.07) is 5.02. The van der Waals surface area contributed by atoms with Gasteiger partial charge in [0, 0.05) is 30.6 Å². The molecule has 1 aliphatic heterocycles. The summed E-state index contributed by atoms with van der Waals surface area (Å²) in [5.74, 6) is 0.527. The minimum Gasteiger partial charge on any atom is -0.444 e. The quantitative estimate of drug-likeness (QED) is 0.200. The van der Waals surface area contributed by atoms with Crippen LogP contribution in [0.4, 0.5) is 34.4 Å². The third-order valence-electron chi connectivity index (χ3n) is 7.96. The van der Waals surface area contributed by atoms with Crippen LogP contribution in [-0.4, -0.2) is 78.7 Å². The van der Waals surface area contributed by atoms with E-state index >= 15 is 0 Å². The number of benzene rings is 1. The van der Waals surface area contributed by atoms with Crippen molar-refractivity contribution in [1.82, 2.24) is 24.5 Å². The highest BCUT2D eigenvalue weighted by molar-refractivity contribution is 7.18. The van der Waals surface area contributed by atoms with Gasteiger partial charge in [-0.3, -0.25) is 4.90 Å². The Labute approximate surface area is 292 Å². The molecule has 0 bridgehead atoms. The first kappa shape index (κ1) is 37.1. The molecule has 0 unspecified atom stereocenters. The molecule has 2 N–H and O–H groups in total. The molecule has 16 heteroatoms. The summed E-state index contributed by atoms with van der Waals surface area (Å²) in [5, 5.41) is 19.2. The van der Waals surface area contributed by atoms with Crippen molar-refractivity contribution >= 4 is 51.0 Å². The predicted octanol–water partition coefficient (Wildman–Crippen LogP) is 7.45. The van der Waals surface area contributed by atoms with Crippen molar-refractivity contribution in [3.05, 3.63) is 46.6 Å². The molecule has 0 aliphatic carbocycles. The number of halogens is 3. The number of nitrogens with one attached hydrogen (secondary N) is 1. The number of anilines is 2. The maximum Gasteiger partial charge on any atom is 0.416 e. The van der Waals surface area contributed by atoms with E-state index in [4.69, 9.17) is 14.5 Å². The van der Waals surface area contributed by atoms with Gasteiger partial charge in [0.25, 0.3) is 0 Å². The number of thiazole rings is 1. The lowest BCUT2D eigenvalue weighted by atomic mass is 9.94. The number of alkyl halides is 3. The highest BCUT2D eigenvalue weighted by Gasteiger charge is 2.34. The molecule has 1 saturated heterocycles. The van der Waals surface area contributed by atoms with Gasteiger partial charge in [0.2, 0.25) is 0 Å². The number of β-amino-alcohol motifs (C(OH)–C–C–N with tert-alkyl or cyclic N) is 1. The molecule has 12 nitrogen and oxygen atoms in total. The predicted molar refractivity (Wildman–Crippen MR) is 185 cm³/mol. The summed E-state index contributed by atoms with van der Waals surface area (Å²) in [6.07, 6.45) is -4.32. The molecule has 0 saturated carbocycles. The molecule has 4 aromatic rings. The smallest absolute Gasteiger partial charge is 0.416 e. The number of aromatic nitrogens is 4. The van der Waals surface area contributed by atoms with Crippen LogP contribution in [0.1, 0.15) is 83.9 Å². The molecule has 2 amide bonds. The molecule has 1 aromatic carbocycles. The summed E-state index contributed by atoms with van der Waals surface area (Å²) in [7, 11) is 0. The molecule has 1 aliphatic rings. The molecule has 5 rings (SSSR count). The summed E-state index contributed by atoms with van der Waals surface area (Å²) < 4.78 is 53.6. The zero-order chi connectivity index (χ0) is 36.8. The van der Waals surface area contributed by atoms with E-state index in [-0.39, 0.29) is 30.4 Å². The number of rotatable bonds is 7. The Kier molecular flexibility index (Phi) is 10.3. The van der Waals surface area contributed by atoms with Gasteiger partial charge >= 0.3 is 18.4 Å². The summed E-state index contributed by atoms with van der Waals surface area (Å²) in [6.45, 7) is 15.3. The second-order valence-corrected chi connectivity index (χ2v) is 15.9. The molecule has 2 atom stereocenters. The summed E-state index contributed by atoms with van der Waals surface area (Å²) in [4.78, 5) is 38.6. The van der Waals surface area contributed by atoms with Gasteiger partial charge in [-0.25, -0.2) is 19.6 Å². The van der Waals surface area contributed by atoms with Crippen molar-refractivity contribution < 1.29 is 37.3 Å². The summed E-state index contributed by atoms with van der Waals surface area (Å²) in [5.41, 5.74) is -0.839. The zero-order valence-electron chi connectivity index (χ0n) is 29.5. The Morgan fingerprint density at radius 1 is 1.08 bits per heavy atom. The number of amides is 2. The number of piperidine rings is 1. The van der Waals surface area contributed by atoms with E-state index in [0.717, 1.165) is 17.7 Å². The van der Waals surface area contributed by atoms with Crippen LogP contribution in [0.15, 0.2) is 30.5 Å². The number of aliphatic hydroxyl groups excluding tert-OH is 1. The number of hydrogen-bond acceptors (Lipinski definition) is 10. The number of likely N-dealkylation sites (tertiary alicyclic amines) is 1. The number of carbonyl (C=O) groups excluding carboxylic acids is 2. The fourth-order valence-corrected chi connectivity index (χ4v) is 6.45. The molecule has 3 aromatic heterocycles. The Hall–Kier alpha value is -4.18. The molecule has 0 radical (unpaired) electrons. The number of carbonyl (C=O) groups is 2. The monoisotopic (exact) mass is 719 g/mol. The Morgan fingerprint density at radius 2 is 1.78 bits per heavy atom. The van der Waals surface area contributed by atoms with Crippen molar-refractivity contribution in [2.75, 3.05) is 29.9 Å². The maximum atomic E-state index is 13.9. The van der Waals surface area contributed by atoms with Gasteiger partial charge in [-0.1, -0.05) is 13.8 Å². The van der Waals surface area contributed by atoms with Gasteiger partial charge in [0.05, 0.1) is 41.2 Å². The molecular weight excluding hydrogens is 675 g/mol. The topological polar surface area (TPSA) is 134 Å². The van der Waals surface area contributed by atoms with Gasteiger partial charge in [0.15, 0.2) is 5.65 Å². The molecule has 4 heterocycles. The fourth-order valence-electron chi connectivity index (χ4n) is 5.51. The van der Waals surface area contributed by atoms with Gasteiger partial charge < -0.3 is 24.8 Å². The minimum absolute atomic E-state index is 0.0316. The van der Waals surface area contributed by atoms with E-state index in [1.165, 1.54) is 31.7 Å². The molecule has 272 valence electrons. The van der Waals surface area contributed by atoms with Crippen molar-refractivity contribution in [3.63, 3.8) is 0 Å². The van der Waals surface area contributed by atoms with E-state index in [1.54, 1.807) is 53.8 Å². The minimum atomic E-state index is -4.52. The number of ether oxygens (including phenoxy) is 2. The first-order valence-corrected chi connectivity index (χ1v) is 17.3. The van der Waals surface area contributed by atoms with Crippen molar-refractivity contribution in [1.29, 1.82) is 0 Å². The Balaban J connectivity index is 1.47. The third-order valence-corrected chi connectivity index (χ3v) is 8.98. The van der Waals surface area contributed by atoms with E-state index in [1.807, 2.05) is 13.8 Å². The highest BCUT2D eigenvalue weighted by Crippen LogP contribution is 2.34. The fraction of sp³-hybridized carbons (Fsp3) is 0.559. The van der Waals surface area contributed by atoms with Crippen LogP contribution in [0.2, 0.25) is 0 Å². The summed E-state index contributed by atoms with van der Waals surface area (Å²) >= 11 is 1.18. The van der Waals surface area contributed by atoms with Crippen LogP contribution < -0.4 is 10.2 Å². The molecule has 50 heavy (non-hydrogen) atoms. The van der Waals surface area contributed by atoms with Crippen LogP contribution in [0.3, 0.4) is 0 Å². The first-order valence-electron chi connectivity index (χ1n) is 16.4. The average molecular weight is 720 g/mol. The van der Waals surface area contributed by atoms with Crippen LogP contribution in [-0.2, 0) is 22.2 Å². The third kappa shape index (κ3) is 8.75. The zero-order valence-corrected chi connectivity index (χ0v) is 30.3. The normalized spacial score (nSPS) is 17.4. The van der Waals surface area contributed by atoms with E-state index in [0.29, 0.717) is 46.5 Å². The van der Waals surface area contributed by atoms with Gasteiger partial charge in [-0.05, 0) is 72.1 Å². The van der Waals surface area contributed by atoms with Crippen molar-refractivity contribution in [2.24, 2.45) is 5.92 Å². The Bertz CT molecular complexity index is 1860. The molecular formula is C34H44F3N7O5S. The van der Waals surface area contributed by atoms with E-state index < -0.39 is 41.2 Å². The van der Waals surface area contributed by atoms with Crippen molar-refractivity contribution in [2.45, 2.75) is 97.8 Å².